The number of amides is 1. The van der Waals surface area contributed by atoms with E-state index >= 15 is 0 Å². The van der Waals surface area contributed by atoms with Crippen molar-refractivity contribution in [1.29, 1.82) is 0 Å². The van der Waals surface area contributed by atoms with Gasteiger partial charge in [-0.3, -0.25) is 14.5 Å². The van der Waals surface area contributed by atoms with Gasteiger partial charge < -0.3 is 14.9 Å². The van der Waals surface area contributed by atoms with Crippen LogP contribution in [0.1, 0.15) is 61.9 Å². The van der Waals surface area contributed by atoms with Crippen molar-refractivity contribution in [3.05, 3.63) is 94.6 Å². The number of rotatable bonds is 7. The molecule has 4 rings (SSSR count). The van der Waals surface area contributed by atoms with Crippen molar-refractivity contribution in [1.82, 2.24) is 0 Å². The number of aliphatic hydroxyl groups excluding tert-OH is 1. The van der Waals surface area contributed by atoms with Gasteiger partial charge in [0.1, 0.15) is 5.76 Å². The highest BCUT2D eigenvalue weighted by Gasteiger charge is 2.47. The number of benzene rings is 3. The minimum absolute atomic E-state index is 0.00896. The molecule has 1 aliphatic rings. The van der Waals surface area contributed by atoms with Crippen molar-refractivity contribution in [2.45, 2.75) is 46.1 Å². The number of ketones is 1. The lowest BCUT2D eigenvalue weighted by molar-refractivity contribution is -0.132. The molecule has 0 spiro atoms. The smallest absolute Gasteiger partial charge is 0.300 e. The van der Waals surface area contributed by atoms with Gasteiger partial charge in [0, 0.05) is 11.3 Å². The summed E-state index contributed by atoms with van der Waals surface area (Å²) in [4.78, 5) is 28.2. The zero-order valence-corrected chi connectivity index (χ0v) is 21.0. The zero-order chi connectivity index (χ0) is 26.0. The number of aliphatic hydroxyl groups is 1. The predicted molar refractivity (Wildman–Crippen MR) is 140 cm³/mol. The Morgan fingerprint density at radius 3 is 2.22 bits per heavy atom. The molecule has 3 aromatic carbocycles. The number of carbonyl (C=O) groups is 2. The average Bonchev–Trinajstić information content (AvgIpc) is 3.15. The van der Waals surface area contributed by atoms with Gasteiger partial charge in [-0.05, 0) is 60.2 Å². The molecule has 1 saturated heterocycles. The van der Waals surface area contributed by atoms with Crippen LogP contribution < -0.4 is 9.64 Å². The van der Waals surface area contributed by atoms with Crippen LogP contribution in [-0.4, -0.2) is 28.5 Å². The normalized spacial score (nSPS) is 17.1. The van der Waals surface area contributed by atoms with E-state index < -0.39 is 17.7 Å². The Morgan fingerprint density at radius 2 is 1.64 bits per heavy atom. The van der Waals surface area contributed by atoms with Gasteiger partial charge in [-0.25, -0.2) is 0 Å². The first kappa shape index (κ1) is 25.0. The van der Waals surface area contributed by atoms with Gasteiger partial charge in [-0.15, -0.1) is 0 Å². The molecule has 0 aromatic heterocycles. The van der Waals surface area contributed by atoms with Crippen LogP contribution in [0.15, 0.2) is 72.3 Å². The van der Waals surface area contributed by atoms with Gasteiger partial charge in [0.25, 0.3) is 11.7 Å². The summed E-state index contributed by atoms with van der Waals surface area (Å²) in [5, 5.41) is 21.6. The Labute approximate surface area is 211 Å². The van der Waals surface area contributed by atoms with Crippen LogP contribution in [0, 0.1) is 0 Å². The number of Topliss-reactive ketones (excluding diaryl/α,β-unsaturated/α-hetero) is 1. The molecule has 6 heteroatoms. The molecule has 0 aliphatic carbocycles. The first-order valence-electron chi connectivity index (χ1n) is 12.2. The second-order valence-corrected chi connectivity index (χ2v) is 9.13. The molecule has 36 heavy (non-hydrogen) atoms. The Hall–Kier alpha value is -4.06. The number of nitrogens with zero attached hydrogens (tertiary/aromatic N) is 1. The fraction of sp³-hybridized carbons (Fsp3) is 0.267. The molecule has 186 valence electrons. The van der Waals surface area contributed by atoms with Crippen molar-refractivity contribution in [3.8, 4) is 11.5 Å². The second-order valence-electron chi connectivity index (χ2n) is 9.13. The Kier molecular flexibility index (Phi) is 7.15. The molecule has 1 unspecified atom stereocenters. The highest BCUT2D eigenvalue weighted by Crippen LogP contribution is 2.44. The Morgan fingerprint density at radius 1 is 0.972 bits per heavy atom. The highest BCUT2D eigenvalue weighted by molar-refractivity contribution is 6.51. The molecule has 0 radical (unpaired) electrons. The number of hydrogen-bond acceptors (Lipinski definition) is 5. The third kappa shape index (κ3) is 4.59. The van der Waals surface area contributed by atoms with E-state index in [4.69, 9.17) is 4.74 Å². The fourth-order valence-corrected chi connectivity index (χ4v) is 4.46. The van der Waals surface area contributed by atoms with Crippen LogP contribution in [0.25, 0.3) is 5.76 Å². The van der Waals surface area contributed by atoms with E-state index in [2.05, 4.69) is 13.8 Å². The minimum atomic E-state index is -0.902. The van der Waals surface area contributed by atoms with E-state index in [-0.39, 0.29) is 22.8 Å². The van der Waals surface area contributed by atoms with Crippen LogP contribution >= 0.6 is 0 Å². The Bertz CT molecular complexity index is 1310. The number of aryl methyl sites for hydroxylation is 1. The summed E-state index contributed by atoms with van der Waals surface area (Å²) < 4.78 is 5.56. The predicted octanol–water partition coefficient (Wildman–Crippen LogP) is 6.10. The molecule has 6 nitrogen and oxygen atoms in total. The summed E-state index contributed by atoms with van der Waals surface area (Å²) in [5.41, 5.74) is 3.72. The number of anilines is 1. The largest absolute Gasteiger partial charge is 0.507 e. The van der Waals surface area contributed by atoms with Gasteiger partial charge in [-0.2, -0.15) is 0 Å². The monoisotopic (exact) mass is 485 g/mol. The van der Waals surface area contributed by atoms with Crippen molar-refractivity contribution < 1.29 is 24.5 Å². The van der Waals surface area contributed by atoms with Crippen LogP contribution in [0.4, 0.5) is 5.69 Å². The molecule has 3 aromatic rings. The lowest BCUT2D eigenvalue weighted by Gasteiger charge is -2.26. The van der Waals surface area contributed by atoms with Gasteiger partial charge in [-0.1, -0.05) is 63.2 Å². The quantitative estimate of drug-likeness (QED) is 0.240. The maximum atomic E-state index is 13.4. The van der Waals surface area contributed by atoms with E-state index in [1.54, 1.807) is 31.2 Å². The van der Waals surface area contributed by atoms with E-state index in [0.29, 0.717) is 29.3 Å². The average molecular weight is 486 g/mol. The number of carbonyl (C=O) groups excluding carboxylic acids is 2. The van der Waals surface area contributed by atoms with Gasteiger partial charge >= 0.3 is 0 Å². The van der Waals surface area contributed by atoms with Gasteiger partial charge in [0.05, 0.1) is 18.2 Å². The number of phenols is 1. The highest BCUT2D eigenvalue weighted by atomic mass is 16.5. The van der Waals surface area contributed by atoms with Gasteiger partial charge in [0.15, 0.2) is 11.5 Å². The number of aromatic hydroxyl groups is 1. The number of phenolic OH excluding ortho intramolecular Hbond substituents is 1. The van der Waals surface area contributed by atoms with E-state index in [1.165, 1.54) is 11.0 Å². The molecule has 1 amide bonds. The summed E-state index contributed by atoms with van der Waals surface area (Å²) in [6, 6.07) is 18.6. The van der Waals surface area contributed by atoms with Crippen LogP contribution in [0.3, 0.4) is 0 Å². The van der Waals surface area contributed by atoms with Crippen molar-refractivity contribution >= 4 is 23.1 Å². The number of ether oxygens (including phenoxy) is 1. The molecule has 0 bridgehead atoms. The van der Waals surface area contributed by atoms with E-state index in [9.17, 15) is 19.8 Å². The van der Waals surface area contributed by atoms with Crippen LogP contribution in [-0.2, 0) is 16.0 Å². The molecule has 2 N–H and O–H groups in total. The maximum absolute atomic E-state index is 13.4. The number of hydrogen-bond donors (Lipinski definition) is 2. The standard InChI is InChI=1S/C30H31NO5/c1-5-19-7-9-21(10-8-19)28(33)26-27(22-13-16-24(32)25(17-22)36-6-2)31(30(35)29(26)34)23-14-11-20(12-15-23)18(3)4/h7-18,27,32-33H,5-6H2,1-4H3/b28-26-. The fourth-order valence-electron chi connectivity index (χ4n) is 4.46. The van der Waals surface area contributed by atoms with Crippen molar-refractivity contribution in [3.63, 3.8) is 0 Å². The summed E-state index contributed by atoms with van der Waals surface area (Å²) in [5.74, 6) is -1.24. The minimum Gasteiger partial charge on any atom is -0.507 e. The van der Waals surface area contributed by atoms with Crippen molar-refractivity contribution in [2.24, 2.45) is 0 Å². The summed E-state index contributed by atoms with van der Waals surface area (Å²) >= 11 is 0. The zero-order valence-electron chi connectivity index (χ0n) is 21.0. The SMILES string of the molecule is CCOc1cc(C2/C(=C(/O)c3ccc(CC)cc3)C(=O)C(=O)N2c2ccc(C(C)C)cc2)ccc1O. The maximum Gasteiger partial charge on any atom is 0.300 e. The first-order chi connectivity index (χ1) is 17.3. The molecule has 0 saturated carbocycles. The van der Waals surface area contributed by atoms with E-state index in [1.807, 2.05) is 43.3 Å². The molecular formula is C30H31NO5. The second kappa shape index (κ2) is 10.3. The lowest BCUT2D eigenvalue weighted by atomic mass is 9.94. The molecule has 1 fully saturated rings. The molecule has 1 atom stereocenters. The molecular weight excluding hydrogens is 454 g/mol. The van der Waals surface area contributed by atoms with E-state index in [0.717, 1.165) is 17.5 Å². The van der Waals surface area contributed by atoms with Crippen LogP contribution in [0.2, 0.25) is 0 Å². The van der Waals surface area contributed by atoms with Crippen LogP contribution in [0.5, 0.6) is 11.5 Å². The lowest BCUT2D eigenvalue weighted by Crippen LogP contribution is -2.29. The first-order valence-corrected chi connectivity index (χ1v) is 12.2. The molecule has 1 aliphatic heterocycles. The molecule has 1 heterocycles. The Balaban J connectivity index is 1.92. The summed E-state index contributed by atoms with van der Waals surface area (Å²) in [6.07, 6.45) is 0.839. The third-order valence-corrected chi connectivity index (χ3v) is 6.52. The summed E-state index contributed by atoms with van der Waals surface area (Å²) in [7, 11) is 0. The van der Waals surface area contributed by atoms with Gasteiger partial charge in [0.2, 0.25) is 0 Å². The summed E-state index contributed by atoms with van der Waals surface area (Å²) in [6.45, 7) is 8.32. The van der Waals surface area contributed by atoms with Crippen molar-refractivity contribution in [2.75, 3.05) is 11.5 Å². The topological polar surface area (TPSA) is 87.1 Å². The third-order valence-electron chi connectivity index (χ3n) is 6.52.